The molecule has 0 saturated heterocycles. The van der Waals surface area contributed by atoms with E-state index in [0.29, 0.717) is 0 Å². The van der Waals surface area contributed by atoms with Crippen LogP contribution in [0, 0.1) is 11.3 Å². The zero-order valence-electron chi connectivity index (χ0n) is 14.8. The van der Waals surface area contributed by atoms with E-state index in [1.165, 1.54) is 31.2 Å². The molecule has 1 unspecified atom stereocenters. The normalized spacial score (nSPS) is 12.4. The molecule has 1 aromatic carbocycles. The molecule has 7 nitrogen and oxygen atoms in total. The van der Waals surface area contributed by atoms with Crippen molar-refractivity contribution in [2.75, 3.05) is 5.32 Å². The van der Waals surface area contributed by atoms with Crippen molar-refractivity contribution in [3.63, 3.8) is 0 Å². The molecule has 2 heterocycles. The quantitative estimate of drug-likeness (QED) is 0.646. The maximum absolute atomic E-state index is 13.4. The molecule has 0 saturated carbocycles. The SMILES string of the molecule is CC(O)Cc1nsc(NC(=O)c2cc(-c3cccc(C#N)c3)oc2C(F)(F)F)n1. The van der Waals surface area contributed by atoms with Crippen LogP contribution in [0.25, 0.3) is 11.3 Å². The topological polar surface area (TPSA) is 112 Å². The molecule has 2 aromatic heterocycles. The molecule has 0 spiro atoms. The highest BCUT2D eigenvalue weighted by Gasteiger charge is 2.40. The first-order chi connectivity index (χ1) is 13.7. The number of furan rings is 1. The Morgan fingerprint density at radius 3 is 2.83 bits per heavy atom. The molecule has 0 aliphatic heterocycles. The first-order valence-electron chi connectivity index (χ1n) is 8.21. The number of amides is 1. The Labute approximate surface area is 166 Å². The van der Waals surface area contributed by atoms with Gasteiger partial charge in [-0.05, 0) is 25.1 Å². The fraction of sp³-hybridized carbons (Fsp3) is 0.222. The zero-order valence-corrected chi connectivity index (χ0v) is 15.6. The lowest BCUT2D eigenvalue weighted by Crippen LogP contribution is -2.17. The molecule has 3 rings (SSSR count). The minimum atomic E-state index is -4.91. The van der Waals surface area contributed by atoms with Gasteiger partial charge in [0.15, 0.2) is 0 Å². The molecule has 0 radical (unpaired) electrons. The third-order valence-electron chi connectivity index (χ3n) is 3.68. The Bertz CT molecular complexity index is 1080. The molecule has 3 aromatic rings. The summed E-state index contributed by atoms with van der Waals surface area (Å²) in [5.41, 5.74) is -0.260. The molecule has 0 aliphatic rings. The summed E-state index contributed by atoms with van der Waals surface area (Å²) in [5.74, 6) is -2.46. The van der Waals surface area contributed by atoms with Crippen LogP contribution in [-0.4, -0.2) is 26.5 Å². The van der Waals surface area contributed by atoms with E-state index >= 15 is 0 Å². The van der Waals surface area contributed by atoms with E-state index in [2.05, 4.69) is 14.7 Å². The molecule has 11 heteroatoms. The third-order valence-corrected chi connectivity index (χ3v) is 4.35. The zero-order chi connectivity index (χ0) is 21.2. The molecule has 1 amide bonds. The van der Waals surface area contributed by atoms with Crippen molar-refractivity contribution in [2.45, 2.75) is 25.6 Å². The number of hydrogen-bond acceptors (Lipinski definition) is 7. The number of nitrogens with zero attached hydrogens (tertiary/aromatic N) is 3. The number of rotatable bonds is 5. The Kier molecular flexibility index (Phi) is 5.67. The summed E-state index contributed by atoms with van der Waals surface area (Å²) >= 11 is 0.784. The minimum absolute atomic E-state index is 0.00648. The summed E-state index contributed by atoms with van der Waals surface area (Å²) in [5, 5.41) is 20.5. The van der Waals surface area contributed by atoms with Gasteiger partial charge in [0, 0.05) is 23.5 Å². The number of alkyl halides is 3. The van der Waals surface area contributed by atoms with Gasteiger partial charge in [0.1, 0.15) is 11.6 Å². The van der Waals surface area contributed by atoms with E-state index in [0.717, 1.165) is 17.6 Å². The van der Waals surface area contributed by atoms with E-state index < -0.39 is 29.5 Å². The number of hydrogen-bond donors (Lipinski definition) is 2. The molecule has 2 N–H and O–H groups in total. The lowest BCUT2D eigenvalue weighted by atomic mass is 10.1. The van der Waals surface area contributed by atoms with E-state index in [-0.39, 0.29) is 34.3 Å². The van der Waals surface area contributed by atoms with Crippen molar-refractivity contribution in [1.29, 1.82) is 5.26 Å². The van der Waals surface area contributed by atoms with E-state index in [9.17, 15) is 23.1 Å². The van der Waals surface area contributed by atoms with Crippen LogP contribution in [0.2, 0.25) is 0 Å². The second-order valence-electron chi connectivity index (χ2n) is 6.07. The second kappa shape index (κ2) is 8.02. The molecule has 1 atom stereocenters. The Hall–Kier alpha value is -3.23. The van der Waals surface area contributed by atoms with Gasteiger partial charge in [0.2, 0.25) is 10.9 Å². The predicted octanol–water partition coefficient (Wildman–Crippen LogP) is 3.86. The summed E-state index contributed by atoms with van der Waals surface area (Å²) in [6.07, 6.45) is -5.47. The van der Waals surface area contributed by atoms with Gasteiger partial charge >= 0.3 is 6.18 Å². The van der Waals surface area contributed by atoms with Crippen LogP contribution >= 0.6 is 11.5 Å². The summed E-state index contributed by atoms with van der Waals surface area (Å²) in [6.45, 7) is 1.53. The number of nitriles is 1. The standard InChI is InChI=1S/C18H13F3N4O3S/c1-9(26)5-14-23-17(29-25-14)24-16(27)12-7-13(28-15(12)18(19,20)21)11-4-2-3-10(6-11)8-22/h2-4,6-7,9,26H,5H2,1H3,(H,23,24,25,27). The van der Waals surface area contributed by atoms with E-state index in [1.807, 2.05) is 6.07 Å². The number of nitrogens with one attached hydrogen (secondary N) is 1. The highest BCUT2D eigenvalue weighted by Crippen LogP contribution is 2.37. The van der Waals surface area contributed by atoms with Gasteiger partial charge in [-0.1, -0.05) is 12.1 Å². The number of aliphatic hydroxyl groups is 1. The monoisotopic (exact) mass is 422 g/mol. The smallest absolute Gasteiger partial charge is 0.450 e. The van der Waals surface area contributed by atoms with Crippen molar-refractivity contribution in [3.05, 3.63) is 53.0 Å². The lowest BCUT2D eigenvalue weighted by molar-refractivity contribution is -0.153. The van der Waals surface area contributed by atoms with Crippen LogP contribution in [0.1, 0.15) is 34.4 Å². The number of aliphatic hydroxyl groups excluding tert-OH is 1. The number of halogens is 3. The first-order valence-corrected chi connectivity index (χ1v) is 8.98. The van der Waals surface area contributed by atoms with Crippen LogP contribution in [0.3, 0.4) is 0 Å². The van der Waals surface area contributed by atoms with Gasteiger partial charge < -0.3 is 9.52 Å². The van der Waals surface area contributed by atoms with Crippen LogP contribution in [0.5, 0.6) is 0 Å². The fourth-order valence-electron chi connectivity index (χ4n) is 2.47. The summed E-state index contributed by atoms with van der Waals surface area (Å²) in [4.78, 5) is 16.4. The molecule has 150 valence electrons. The molecule has 0 bridgehead atoms. The highest BCUT2D eigenvalue weighted by molar-refractivity contribution is 7.09. The van der Waals surface area contributed by atoms with Crippen molar-refractivity contribution < 1.29 is 27.5 Å². The van der Waals surface area contributed by atoms with Gasteiger partial charge in [0.25, 0.3) is 5.91 Å². The number of aromatic nitrogens is 2. The summed E-state index contributed by atoms with van der Waals surface area (Å²) in [7, 11) is 0. The number of anilines is 1. The first kappa shape index (κ1) is 20.5. The second-order valence-corrected chi connectivity index (χ2v) is 6.82. The maximum Gasteiger partial charge on any atom is 0.450 e. The predicted molar refractivity (Wildman–Crippen MR) is 97.1 cm³/mol. The van der Waals surface area contributed by atoms with Gasteiger partial charge in [0.05, 0.1) is 23.3 Å². The molecule has 29 heavy (non-hydrogen) atoms. The average Bonchev–Trinajstić information content (AvgIpc) is 3.28. The van der Waals surface area contributed by atoms with E-state index in [1.54, 1.807) is 0 Å². The highest BCUT2D eigenvalue weighted by atomic mass is 32.1. The average molecular weight is 422 g/mol. The van der Waals surface area contributed by atoms with Crippen molar-refractivity contribution >= 4 is 22.6 Å². The Balaban J connectivity index is 1.93. The number of carbonyl (C=O) groups is 1. The molecular weight excluding hydrogens is 409 g/mol. The Morgan fingerprint density at radius 2 is 2.17 bits per heavy atom. The van der Waals surface area contributed by atoms with Gasteiger partial charge in [-0.2, -0.15) is 22.8 Å². The van der Waals surface area contributed by atoms with E-state index in [4.69, 9.17) is 9.68 Å². The van der Waals surface area contributed by atoms with Gasteiger partial charge in [-0.25, -0.2) is 4.98 Å². The number of carbonyl (C=O) groups excluding carboxylic acids is 1. The van der Waals surface area contributed by atoms with Crippen LogP contribution in [0.15, 0.2) is 34.7 Å². The summed E-state index contributed by atoms with van der Waals surface area (Å²) in [6, 6.07) is 8.66. The molecular formula is C18H13F3N4O3S. The molecule has 0 fully saturated rings. The van der Waals surface area contributed by atoms with Crippen molar-refractivity contribution in [2.24, 2.45) is 0 Å². The van der Waals surface area contributed by atoms with Crippen LogP contribution < -0.4 is 5.32 Å². The largest absolute Gasteiger partial charge is 0.451 e. The maximum atomic E-state index is 13.4. The summed E-state index contributed by atoms with van der Waals surface area (Å²) < 4.78 is 49.0. The van der Waals surface area contributed by atoms with Gasteiger partial charge in [-0.15, -0.1) is 0 Å². The fourth-order valence-corrected chi connectivity index (χ4v) is 3.06. The third kappa shape index (κ3) is 4.79. The van der Waals surface area contributed by atoms with Crippen molar-refractivity contribution in [3.8, 4) is 17.4 Å². The Morgan fingerprint density at radius 1 is 1.41 bits per heavy atom. The van der Waals surface area contributed by atoms with Crippen LogP contribution in [0.4, 0.5) is 18.3 Å². The number of benzene rings is 1. The van der Waals surface area contributed by atoms with Gasteiger partial charge in [-0.3, -0.25) is 10.1 Å². The van der Waals surface area contributed by atoms with Crippen molar-refractivity contribution in [1.82, 2.24) is 9.36 Å². The lowest BCUT2D eigenvalue weighted by Gasteiger charge is -2.05. The van der Waals surface area contributed by atoms with Crippen LogP contribution in [-0.2, 0) is 12.6 Å². The minimum Gasteiger partial charge on any atom is -0.451 e. The molecule has 0 aliphatic carbocycles.